The number of aromatic nitrogens is 1. The highest BCUT2D eigenvalue weighted by Crippen LogP contribution is 2.22. The van der Waals surface area contributed by atoms with Crippen molar-refractivity contribution >= 4 is 5.91 Å². The van der Waals surface area contributed by atoms with Crippen LogP contribution < -0.4 is 10.6 Å². The van der Waals surface area contributed by atoms with E-state index < -0.39 is 0 Å². The van der Waals surface area contributed by atoms with Crippen molar-refractivity contribution in [1.29, 1.82) is 0 Å². The summed E-state index contributed by atoms with van der Waals surface area (Å²) in [7, 11) is 0. The Morgan fingerprint density at radius 1 is 1.42 bits per heavy atom. The van der Waals surface area contributed by atoms with Crippen LogP contribution in [0.15, 0.2) is 18.3 Å². The van der Waals surface area contributed by atoms with Crippen molar-refractivity contribution in [3.05, 3.63) is 29.6 Å². The summed E-state index contributed by atoms with van der Waals surface area (Å²) in [5, 5.41) is 6.25. The van der Waals surface area contributed by atoms with Gasteiger partial charge in [-0.2, -0.15) is 0 Å². The van der Waals surface area contributed by atoms with Crippen molar-refractivity contribution in [1.82, 2.24) is 15.6 Å². The molecule has 19 heavy (non-hydrogen) atoms. The smallest absolute Gasteiger partial charge is 0.221 e. The van der Waals surface area contributed by atoms with Gasteiger partial charge < -0.3 is 10.6 Å². The average molecular weight is 263 g/mol. The molecule has 0 saturated heterocycles. The van der Waals surface area contributed by atoms with Gasteiger partial charge in [-0.1, -0.05) is 19.9 Å². The van der Waals surface area contributed by atoms with E-state index in [4.69, 9.17) is 0 Å². The predicted molar refractivity (Wildman–Crippen MR) is 77.9 cm³/mol. The van der Waals surface area contributed by atoms with Gasteiger partial charge in [-0.05, 0) is 31.4 Å². The zero-order valence-corrected chi connectivity index (χ0v) is 12.4. The molecule has 4 nitrogen and oxygen atoms in total. The molecule has 0 saturated carbocycles. The van der Waals surface area contributed by atoms with E-state index >= 15 is 0 Å². The summed E-state index contributed by atoms with van der Waals surface area (Å²) in [6.45, 7) is 9.69. The van der Waals surface area contributed by atoms with E-state index in [2.05, 4.69) is 42.5 Å². The standard InChI is InChI=1S/C15H25N3O/c1-5-16-13(19)8-10-18-14(11(2)3)15-12(4)7-6-9-17-15/h6-7,9,11,14,18H,5,8,10H2,1-4H3,(H,16,19)/t14-/m1/s1. The number of carbonyl (C=O) groups excluding carboxylic acids is 1. The third-order valence-corrected chi connectivity index (χ3v) is 3.10. The van der Waals surface area contributed by atoms with Crippen LogP contribution in [0.5, 0.6) is 0 Å². The first-order chi connectivity index (χ1) is 9.06. The van der Waals surface area contributed by atoms with Gasteiger partial charge in [-0.15, -0.1) is 0 Å². The van der Waals surface area contributed by atoms with Crippen LogP contribution in [0.1, 0.15) is 44.5 Å². The van der Waals surface area contributed by atoms with Crippen LogP contribution in [0, 0.1) is 12.8 Å². The minimum absolute atomic E-state index is 0.0928. The first-order valence-electron chi connectivity index (χ1n) is 6.97. The van der Waals surface area contributed by atoms with Crippen molar-refractivity contribution in [2.24, 2.45) is 5.92 Å². The van der Waals surface area contributed by atoms with Gasteiger partial charge in [0.1, 0.15) is 0 Å². The molecule has 1 aromatic heterocycles. The highest BCUT2D eigenvalue weighted by Gasteiger charge is 2.18. The minimum Gasteiger partial charge on any atom is -0.356 e. The third-order valence-electron chi connectivity index (χ3n) is 3.10. The fraction of sp³-hybridized carbons (Fsp3) is 0.600. The number of nitrogens with zero attached hydrogens (tertiary/aromatic N) is 1. The van der Waals surface area contributed by atoms with E-state index in [0.717, 1.165) is 5.69 Å². The number of hydrogen-bond acceptors (Lipinski definition) is 3. The number of aryl methyl sites for hydroxylation is 1. The van der Waals surface area contributed by atoms with Crippen LogP contribution >= 0.6 is 0 Å². The summed E-state index contributed by atoms with van der Waals surface area (Å²) in [5.41, 5.74) is 2.26. The maximum atomic E-state index is 11.4. The van der Waals surface area contributed by atoms with Gasteiger partial charge >= 0.3 is 0 Å². The van der Waals surface area contributed by atoms with Gasteiger partial charge in [0.25, 0.3) is 0 Å². The average Bonchev–Trinajstić information content (AvgIpc) is 2.36. The number of carbonyl (C=O) groups is 1. The molecule has 1 rings (SSSR count). The van der Waals surface area contributed by atoms with E-state index in [0.29, 0.717) is 25.4 Å². The Balaban J connectivity index is 2.60. The van der Waals surface area contributed by atoms with E-state index in [-0.39, 0.29) is 11.9 Å². The van der Waals surface area contributed by atoms with Crippen LogP contribution in [0.4, 0.5) is 0 Å². The van der Waals surface area contributed by atoms with Gasteiger partial charge in [0, 0.05) is 25.7 Å². The lowest BCUT2D eigenvalue weighted by Gasteiger charge is -2.23. The number of rotatable bonds is 7. The van der Waals surface area contributed by atoms with Gasteiger partial charge in [0.15, 0.2) is 0 Å². The normalized spacial score (nSPS) is 12.5. The monoisotopic (exact) mass is 263 g/mol. The van der Waals surface area contributed by atoms with Crippen LogP contribution in [0.2, 0.25) is 0 Å². The Kier molecular flexibility index (Phi) is 6.50. The second-order valence-corrected chi connectivity index (χ2v) is 5.08. The van der Waals surface area contributed by atoms with Crippen molar-refractivity contribution in [2.75, 3.05) is 13.1 Å². The Morgan fingerprint density at radius 2 is 2.16 bits per heavy atom. The molecule has 2 N–H and O–H groups in total. The van der Waals surface area contributed by atoms with Gasteiger partial charge in [-0.25, -0.2) is 0 Å². The number of pyridine rings is 1. The van der Waals surface area contributed by atoms with Crippen molar-refractivity contribution in [2.45, 2.75) is 40.2 Å². The lowest BCUT2D eigenvalue weighted by Crippen LogP contribution is -2.32. The Labute approximate surface area is 116 Å². The molecule has 0 bridgehead atoms. The van der Waals surface area contributed by atoms with Gasteiger partial charge in [0.05, 0.1) is 11.7 Å². The van der Waals surface area contributed by atoms with Crippen LogP contribution in [-0.2, 0) is 4.79 Å². The molecular formula is C15H25N3O. The molecule has 0 radical (unpaired) electrons. The maximum Gasteiger partial charge on any atom is 0.221 e. The van der Waals surface area contributed by atoms with Crippen LogP contribution in [0.3, 0.4) is 0 Å². The maximum absolute atomic E-state index is 11.4. The quantitative estimate of drug-likeness (QED) is 0.793. The van der Waals surface area contributed by atoms with E-state index in [1.54, 1.807) is 0 Å². The highest BCUT2D eigenvalue weighted by molar-refractivity contribution is 5.75. The molecule has 0 aliphatic rings. The summed E-state index contributed by atoms with van der Waals surface area (Å²) >= 11 is 0. The molecule has 0 aliphatic carbocycles. The van der Waals surface area contributed by atoms with Crippen LogP contribution in [-0.4, -0.2) is 24.0 Å². The zero-order chi connectivity index (χ0) is 14.3. The first kappa shape index (κ1) is 15.6. The predicted octanol–water partition coefficient (Wildman–Crippen LogP) is 2.20. The molecule has 1 aromatic rings. The Hall–Kier alpha value is -1.42. The molecule has 1 amide bonds. The number of amides is 1. The zero-order valence-electron chi connectivity index (χ0n) is 12.4. The molecule has 0 aromatic carbocycles. The van der Waals surface area contributed by atoms with E-state index in [9.17, 15) is 4.79 Å². The molecule has 1 atom stereocenters. The highest BCUT2D eigenvalue weighted by atomic mass is 16.1. The minimum atomic E-state index is 0.0928. The molecule has 4 heteroatoms. The Bertz CT molecular complexity index is 404. The lowest BCUT2D eigenvalue weighted by atomic mass is 9.97. The van der Waals surface area contributed by atoms with Gasteiger partial charge in [0.2, 0.25) is 5.91 Å². The first-order valence-corrected chi connectivity index (χ1v) is 6.97. The molecule has 1 heterocycles. The number of nitrogens with one attached hydrogen (secondary N) is 2. The van der Waals surface area contributed by atoms with Crippen LogP contribution in [0.25, 0.3) is 0 Å². The summed E-state index contributed by atoms with van der Waals surface area (Å²) in [5.74, 6) is 0.526. The third kappa shape index (κ3) is 4.99. The van der Waals surface area contributed by atoms with Crippen molar-refractivity contribution < 1.29 is 4.79 Å². The summed E-state index contributed by atoms with van der Waals surface area (Å²) in [4.78, 5) is 15.9. The lowest BCUT2D eigenvalue weighted by molar-refractivity contribution is -0.120. The summed E-state index contributed by atoms with van der Waals surface area (Å²) in [6.07, 6.45) is 2.33. The second kappa shape index (κ2) is 7.89. The molecule has 0 unspecified atom stereocenters. The molecule has 0 spiro atoms. The molecule has 106 valence electrons. The molecule has 0 aliphatic heterocycles. The van der Waals surface area contributed by atoms with Gasteiger partial charge in [-0.3, -0.25) is 9.78 Å². The second-order valence-electron chi connectivity index (χ2n) is 5.08. The largest absolute Gasteiger partial charge is 0.356 e. The fourth-order valence-electron chi connectivity index (χ4n) is 2.10. The SMILES string of the molecule is CCNC(=O)CCN[C@@H](c1ncccc1C)C(C)C. The van der Waals surface area contributed by atoms with E-state index in [1.807, 2.05) is 19.2 Å². The van der Waals surface area contributed by atoms with Crippen molar-refractivity contribution in [3.63, 3.8) is 0 Å². The molecule has 0 fully saturated rings. The summed E-state index contributed by atoms with van der Waals surface area (Å²) in [6, 6.07) is 4.21. The topological polar surface area (TPSA) is 54.0 Å². The Morgan fingerprint density at radius 3 is 2.74 bits per heavy atom. The number of hydrogen-bond donors (Lipinski definition) is 2. The van der Waals surface area contributed by atoms with E-state index in [1.165, 1.54) is 5.56 Å². The fourth-order valence-corrected chi connectivity index (χ4v) is 2.10. The van der Waals surface area contributed by atoms with Crippen molar-refractivity contribution in [3.8, 4) is 0 Å². The molecular weight excluding hydrogens is 238 g/mol. The summed E-state index contributed by atoms with van der Waals surface area (Å²) < 4.78 is 0.